The van der Waals surface area contributed by atoms with Gasteiger partial charge >= 0.3 is 0 Å². The summed E-state index contributed by atoms with van der Waals surface area (Å²) in [5.41, 5.74) is 1.60. The standard InChI is InChI=1S/C17H27N3O/c1-14-6-5-7-15(12-14)21-11-9-19-16(18-4)20-10-8-17(2,3)13-20/h5-7,12H,8-11,13H2,1-4H3,(H,18,19). The molecule has 1 aromatic rings. The normalized spacial score (nSPS) is 17.9. The molecule has 1 aromatic carbocycles. The van der Waals surface area contributed by atoms with Crippen LogP contribution in [0.1, 0.15) is 25.8 Å². The number of nitrogens with zero attached hydrogens (tertiary/aromatic N) is 2. The molecule has 0 unspecified atom stereocenters. The summed E-state index contributed by atoms with van der Waals surface area (Å²) in [5, 5.41) is 3.38. The van der Waals surface area contributed by atoms with Gasteiger partial charge < -0.3 is 15.0 Å². The maximum Gasteiger partial charge on any atom is 0.193 e. The van der Waals surface area contributed by atoms with Crippen LogP contribution in [0, 0.1) is 12.3 Å². The third-order valence-electron chi connectivity index (χ3n) is 3.83. The van der Waals surface area contributed by atoms with E-state index in [1.165, 1.54) is 12.0 Å². The SMILES string of the molecule is CN=C(NCCOc1cccc(C)c1)N1CCC(C)(C)C1. The number of ether oxygens (including phenoxy) is 1. The Morgan fingerprint density at radius 1 is 1.43 bits per heavy atom. The predicted octanol–water partition coefficient (Wildman–Crippen LogP) is 2.68. The van der Waals surface area contributed by atoms with E-state index in [9.17, 15) is 0 Å². The van der Waals surface area contributed by atoms with Gasteiger partial charge in [-0.3, -0.25) is 4.99 Å². The maximum atomic E-state index is 5.75. The van der Waals surface area contributed by atoms with Crippen molar-refractivity contribution in [3.63, 3.8) is 0 Å². The second-order valence-corrected chi connectivity index (χ2v) is 6.47. The molecule has 21 heavy (non-hydrogen) atoms. The first-order chi connectivity index (χ1) is 10.00. The molecule has 0 spiro atoms. The number of aryl methyl sites for hydroxylation is 1. The van der Waals surface area contributed by atoms with Crippen LogP contribution in [-0.4, -0.2) is 44.1 Å². The van der Waals surface area contributed by atoms with Crippen LogP contribution in [0.4, 0.5) is 0 Å². The summed E-state index contributed by atoms with van der Waals surface area (Å²) in [6.45, 7) is 10.2. The van der Waals surface area contributed by atoms with Crippen molar-refractivity contribution in [2.75, 3.05) is 33.3 Å². The Morgan fingerprint density at radius 2 is 2.24 bits per heavy atom. The Labute approximate surface area is 128 Å². The number of hydrogen-bond donors (Lipinski definition) is 1. The van der Waals surface area contributed by atoms with Gasteiger partial charge in [0.1, 0.15) is 12.4 Å². The van der Waals surface area contributed by atoms with Gasteiger partial charge in [-0.2, -0.15) is 0 Å². The minimum absolute atomic E-state index is 0.385. The summed E-state index contributed by atoms with van der Waals surface area (Å²) in [4.78, 5) is 6.70. The molecule has 1 N–H and O–H groups in total. The average molecular weight is 289 g/mol. The number of guanidine groups is 1. The van der Waals surface area contributed by atoms with Crippen LogP contribution in [0.25, 0.3) is 0 Å². The quantitative estimate of drug-likeness (QED) is 0.526. The first-order valence-corrected chi connectivity index (χ1v) is 7.65. The van der Waals surface area contributed by atoms with Crippen molar-refractivity contribution >= 4 is 5.96 Å². The minimum Gasteiger partial charge on any atom is -0.492 e. The molecule has 1 saturated heterocycles. The van der Waals surface area contributed by atoms with E-state index in [4.69, 9.17) is 4.74 Å². The fourth-order valence-corrected chi connectivity index (χ4v) is 2.66. The van der Waals surface area contributed by atoms with Gasteiger partial charge in [0.2, 0.25) is 0 Å². The van der Waals surface area contributed by atoms with E-state index in [0.29, 0.717) is 12.0 Å². The molecule has 4 heteroatoms. The van der Waals surface area contributed by atoms with Gasteiger partial charge in [0.15, 0.2) is 5.96 Å². The van der Waals surface area contributed by atoms with Gasteiger partial charge in [0.25, 0.3) is 0 Å². The number of likely N-dealkylation sites (tertiary alicyclic amines) is 1. The molecular formula is C17H27N3O. The van der Waals surface area contributed by atoms with Crippen molar-refractivity contribution in [2.45, 2.75) is 27.2 Å². The highest BCUT2D eigenvalue weighted by atomic mass is 16.5. The second-order valence-electron chi connectivity index (χ2n) is 6.47. The molecular weight excluding hydrogens is 262 g/mol. The summed E-state index contributed by atoms with van der Waals surface area (Å²) >= 11 is 0. The summed E-state index contributed by atoms with van der Waals surface area (Å²) < 4.78 is 5.75. The molecule has 0 aliphatic carbocycles. The fraction of sp³-hybridized carbons (Fsp3) is 0.588. The molecule has 1 aliphatic rings. The molecule has 0 bridgehead atoms. The van der Waals surface area contributed by atoms with Crippen molar-refractivity contribution in [1.29, 1.82) is 0 Å². The largest absolute Gasteiger partial charge is 0.492 e. The van der Waals surface area contributed by atoms with E-state index >= 15 is 0 Å². The van der Waals surface area contributed by atoms with Gasteiger partial charge in [0.05, 0.1) is 6.54 Å². The van der Waals surface area contributed by atoms with E-state index in [-0.39, 0.29) is 0 Å². The fourth-order valence-electron chi connectivity index (χ4n) is 2.66. The van der Waals surface area contributed by atoms with E-state index in [0.717, 1.165) is 31.3 Å². The number of benzene rings is 1. The van der Waals surface area contributed by atoms with Crippen molar-refractivity contribution in [1.82, 2.24) is 10.2 Å². The lowest BCUT2D eigenvalue weighted by Crippen LogP contribution is -2.42. The van der Waals surface area contributed by atoms with Gasteiger partial charge in [-0.25, -0.2) is 0 Å². The zero-order valence-corrected chi connectivity index (χ0v) is 13.6. The number of hydrogen-bond acceptors (Lipinski definition) is 2. The molecule has 0 atom stereocenters. The molecule has 4 nitrogen and oxygen atoms in total. The van der Waals surface area contributed by atoms with Gasteiger partial charge in [-0.1, -0.05) is 26.0 Å². The lowest BCUT2D eigenvalue weighted by atomic mass is 9.93. The molecule has 2 rings (SSSR count). The van der Waals surface area contributed by atoms with E-state index < -0.39 is 0 Å². The highest BCUT2D eigenvalue weighted by molar-refractivity contribution is 5.80. The maximum absolute atomic E-state index is 5.75. The summed E-state index contributed by atoms with van der Waals surface area (Å²) in [5.74, 6) is 1.91. The molecule has 0 amide bonds. The minimum atomic E-state index is 0.385. The molecule has 1 aliphatic heterocycles. The second kappa shape index (κ2) is 6.83. The third-order valence-corrected chi connectivity index (χ3v) is 3.83. The summed E-state index contributed by atoms with van der Waals surface area (Å²) in [6.07, 6.45) is 1.22. The molecule has 0 radical (unpaired) electrons. The van der Waals surface area contributed by atoms with Crippen LogP contribution in [0.15, 0.2) is 29.3 Å². The van der Waals surface area contributed by atoms with E-state index in [2.05, 4.69) is 48.1 Å². The molecule has 116 valence electrons. The first kappa shape index (κ1) is 15.7. The van der Waals surface area contributed by atoms with Crippen LogP contribution >= 0.6 is 0 Å². The van der Waals surface area contributed by atoms with Gasteiger partial charge in [0, 0.05) is 20.1 Å². The highest BCUT2D eigenvalue weighted by Gasteiger charge is 2.30. The van der Waals surface area contributed by atoms with Gasteiger partial charge in [-0.15, -0.1) is 0 Å². The Bertz CT molecular complexity index is 497. The topological polar surface area (TPSA) is 36.9 Å². The van der Waals surface area contributed by atoms with Gasteiger partial charge in [-0.05, 0) is 36.5 Å². The first-order valence-electron chi connectivity index (χ1n) is 7.65. The van der Waals surface area contributed by atoms with Crippen LogP contribution < -0.4 is 10.1 Å². The molecule has 1 fully saturated rings. The lowest BCUT2D eigenvalue weighted by Gasteiger charge is -2.23. The Balaban J connectivity index is 1.74. The lowest BCUT2D eigenvalue weighted by molar-refractivity contribution is 0.317. The predicted molar refractivity (Wildman–Crippen MR) is 88.0 cm³/mol. The number of rotatable bonds is 4. The van der Waals surface area contributed by atoms with E-state index in [1.54, 1.807) is 0 Å². The Hall–Kier alpha value is -1.71. The van der Waals surface area contributed by atoms with Crippen molar-refractivity contribution in [3.05, 3.63) is 29.8 Å². The Morgan fingerprint density at radius 3 is 2.86 bits per heavy atom. The van der Waals surface area contributed by atoms with Crippen LogP contribution in [0.5, 0.6) is 5.75 Å². The number of aliphatic imine (C=N–C) groups is 1. The van der Waals surface area contributed by atoms with Crippen LogP contribution in [0.2, 0.25) is 0 Å². The zero-order valence-electron chi connectivity index (χ0n) is 13.6. The van der Waals surface area contributed by atoms with E-state index in [1.807, 2.05) is 19.2 Å². The van der Waals surface area contributed by atoms with Crippen LogP contribution in [0.3, 0.4) is 0 Å². The average Bonchev–Trinajstić information content (AvgIpc) is 2.79. The summed E-state index contributed by atoms with van der Waals surface area (Å²) in [6, 6.07) is 8.13. The van der Waals surface area contributed by atoms with Crippen molar-refractivity contribution < 1.29 is 4.74 Å². The third kappa shape index (κ3) is 4.66. The monoisotopic (exact) mass is 289 g/mol. The molecule has 0 aromatic heterocycles. The zero-order chi connectivity index (χ0) is 15.3. The highest BCUT2D eigenvalue weighted by Crippen LogP contribution is 2.28. The van der Waals surface area contributed by atoms with Crippen molar-refractivity contribution in [2.24, 2.45) is 10.4 Å². The smallest absolute Gasteiger partial charge is 0.193 e. The molecule has 1 heterocycles. The van der Waals surface area contributed by atoms with Crippen LogP contribution in [-0.2, 0) is 0 Å². The Kier molecular flexibility index (Phi) is 5.10. The van der Waals surface area contributed by atoms with Crippen molar-refractivity contribution in [3.8, 4) is 5.75 Å². The number of nitrogens with one attached hydrogen (secondary N) is 1. The molecule has 0 saturated carbocycles. The summed E-state index contributed by atoms with van der Waals surface area (Å²) in [7, 11) is 1.84.